The summed E-state index contributed by atoms with van der Waals surface area (Å²) >= 11 is 0. The van der Waals surface area contributed by atoms with E-state index in [-0.39, 0.29) is 11.7 Å². The first kappa shape index (κ1) is 10.5. The van der Waals surface area contributed by atoms with Crippen LogP contribution in [0, 0.1) is 18.3 Å². The lowest BCUT2D eigenvalue weighted by Crippen LogP contribution is -1.97. The van der Waals surface area contributed by atoms with Crippen LogP contribution in [0.25, 0.3) is 0 Å². The molecule has 1 unspecified atom stereocenters. The van der Waals surface area contributed by atoms with Crippen molar-refractivity contribution in [3.05, 3.63) is 23.9 Å². The van der Waals surface area contributed by atoms with Crippen LogP contribution in [0.15, 0.2) is 23.9 Å². The lowest BCUT2D eigenvalue weighted by Gasteiger charge is -1.98. The van der Waals surface area contributed by atoms with Gasteiger partial charge >= 0.3 is 0 Å². The topological polar surface area (TPSA) is 43.1 Å². The van der Waals surface area contributed by atoms with E-state index in [2.05, 4.69) is 5.92 Å². The Morgan fingerprint density at radius 2 is 2.25 bits per heavy atom. The first-order chi connectivity index (χ1) is 5.61. The van der Waals surface area contributed by atoms with Crippen LogP contribution in [0.4, 0.5) is 0 Å². The van der Waals surface area contributed by atoms with Gasteiger partial charge in [-0.05, 0) is 26.1 Å². The van der Waals surface area contributed by atoms with Crippen molar-refractivity contribution < 1.29 is 4.79 Å². The van der Waals surface area contributed by atoms with E-state index in [4.69, 9.17) is 12.2 Å². The largest absolute Gasteiger partial charge is 0.405 e. The lowest BCUT2D eigenvalue weighted by molar-refractivity contribution is -0.113. The van der Waals surface area contributed by atoms with E-state index < -0.39 is 0 Å². The fraction of sp³-hybridized carbons (Fsp3) is 0.300. The molecule has 0 heterocycles. The zero-order chi connectivity index (χ0) is 9.56. The van der Waals surface area contributed by atoms with Crippen LogP contribution in [0.3, 0.4) is 0 Å². The second-order valence-corrected chi connectivity index (χ2v) is 2.49. The zero-order valence-corrected chi connectivity index (χ0v) is 7.37. The highest BCUT2D eigenvalue weighted by molar-refractivity contribution is 5.96. The molecule has 0 aromatic carbocycles. The van der Waals surface area contributed by atoms with Crippen molar-refractivity contribution in [3.63, 3.8) is 0 Å². The maximum Gasteiger partial charge on any atom is 0.159 e. The van der Waals surface area contributed by atoms with Gasteiger partial charge in [-0.15, -0.1) is 6.42 Å². The number of Topliss-reactive ketones (excluding diaryl/α,β-unsaturated/α-hetero) is 1. The Bertz CT molecular complexity index is 256. The quantitative estimate of drug-likeness (QED) is 0.386. The molecule has 2 heteroatoms. The van der Waals surface area contributed by atoms with Gasteiger partial charge in [-0.1, -0.05) is 12.0 Å². The molecular weight excluding hydrogens is 150 g/mol. The number of carbonyl (C=O) groups excluding carboxylic acids is 1. The maximum atomic E-state index is 10.9. The van der Waals surface area contributed by atoms with Crippen LogP contribution < -0.4 is 5.73 Å². The van der Waals surface area contributed by atoms with E-state index in [9.17, 15) is 4.79 Å². The van der Waals surface area contributed by atoms with Crippen LogP contribution in [-0.2, 0) is 4.79 Å². The van der Waals surface area contributed by atoms with Crippen LogP contribution >= 0.6 is 0 Å². The minimum atomic E-state index is -0.0416. The van der Waals surface area contributed by atoms with Crippen molar-refractivity contribution in [1.82, 2.24) is 0 Å². The van der Waals surface area contributed by atoms with Gasteiger partial charge in [-0.25, -0.2) is 0 Å². The van der Waals surface area contributed by atoms with Gasteiger partial charge in [0.15, 0.2) is 5.78 Å². The van der Waals surface area contributed by atoms with E-state index in [1.807, 2.05) is 6.92 Å². The third-order valence-corrected chi connectivity index (χ3v) is 1.37. The average Bonchev–Trinajstić information content (AvgIpc) is 2.03. The number of allylic oxidation sites excluding steroid dienone is 3. The van der Waals surface area contributed by atoms with Crippen molar-refractivity contribution in [2.45, 2.75) is 13.8 Å². The van der Waals surface area contributed by atoms with Crippen molar-refractivity contribution >= 4 is 5.78 Å². The number of carbonyl (C=O) groups is 1. The Balaban J connectivity index is 4.63. The molecule has 0 aromatic rings. The predicted octanol–water partition coefficient (Wildman–Crippen LogP) is 1.24. The highest BCUT2D eigenvalue weighted by Gasteiger charge is 2.00. The number of terminal acetylenes is 1. The van der Waals surface area contributed by atoms with Gasteiger partial charge in [0.05, 0.1) is 0 Å². The number of hydrogen-bond donors (Lipinski definition) is 1. The average molecular weight is 163 g/mol. The molecule has 1 atom stereocenters. The van der Waals surface area contributed by atoms with Crippen molar-refractivity contribution in [2.24, 2.45) is 11.7 Å². The van der Waals surface area contributed by atoms with Crippen molar-refractivity contribution in [2.75, 3.05) is 0 Å². The maximum absolute atomic E-state index is 10.9. The molecule has 0 amide bonds. The van der Waals surface area contributed by atoms with Gasteiger partial charge in [0.1, 0.15) is 0 Å². The van der Waals surface area contributed by atoms with E-state index in [0.29, 0.717) is 5.57 Å². The SMILES string of the molecule is C#CC(C)/C=C(\C=C/N)C(C)=O. The summed E-state index contributed by atoms with van der Waals surface area (Å²) in [6.45, 7) is 3.32. The fourth-order valence-corrected chi connectivity index (χ4v) is 0.711. The summed E-state index contributed by atoms with van der Waals surface area (Å²) in [5.41, 5.74) is 5.72. The van der Waals surface area contributed by atoms with Crippen molar-refractivity contribution in [3.8, 4) is 12.3 Å². The Morgan fingerprint density at radius 1 is 1.67 bits per heavy atom. The van der Waals surface area contributed by atoms with Gasteiger partial charge in [0.25, 0.3) is 0 Å². The molecule has 0 spiro atoms. The minimum Gasteiger partial charge on any atom is -0.405 e. The van der Waals surface area contributed by atoms with Crippen molar-refractivity contribution in [1.29, 1.82) is 0 Å². The number of nitrogens with two attached hydrogens (primary N) is 1. The van der Waals surface area contributed by atoms with E-state index >= 15 is 0 Å². The number of rotatable bonds is 3. The molecular formula is C10H13NO. The molecule has 0 aliphatic rings. The molecule has 2 nitrogen and oxygen atoms in total. The number of hydrogen-bond acceptors (Lipinski definition) is 2. The van der Waals surface area contributed by atoms with Crippen LogP contribution in [-0.4, -0.2) is 5.78 Å². The molecule has 0 saturated carbocycles. The highest BCUT2D eigenvalue weighted by atomic mass is 16.1. The van der Waals surface area contributed by atoms with Crippen LogP contribution in [0.1, 0.15) is 13.8 Å². The predicted molar refractivity (Wildman–Crippen MR) is 50.1 cm³/mol. The molecule has 0 aliphatic heterocycles. The summed E-state index contributed by atoms with van der Waals surface area (Å²) in [6, 6.07) is 0. The zero-order valence-electron chi connectivity index (χ0n) is 7.37. The molecule has 0 fully saturated rings. The molecule has 0 radical (unpaired) electrons. The van der Waals surface area contributed by atoms with Gasteiger partial charge in [0.2, 0.25) is 0 Å². The molecule has 64 valence electrons. The van der Waals surface area contributed by atoms with E-state index in [1.165, 1.54) is 13.1 Å². The summed E-state index contributed by atoms with van der Waals surface area (Å²) in [6.07, 6.45) is 9.75. The lowest BCUT2D eigenvalue weighted by atomic mass is 10.1. The molecule has 0 aromatic heterocycles. The highest BCUT2D eigenvalue weighted by Crippen LogP contribution is 2.04. The molecule has 0 rings (SSSR count). The Kier molecular flexibility index (Phi) is 4.55. The second kappa shape index (κ2) is 5.20. The third kappa shape index (κ3) is 3.62. The molecule has 0 bridgehead atoms. The third-order valence-electron chi connectivity index (χ3n) is 1.37. The second-order valence-electron chi connectivity index (χ2n) is 2.49. The Hall–Kier alpha value is -1.49. The summed E-state index contributed by atoms with van der Waals surface area (Å²) in [7, 11) is 0. The first-order valence-corrected chi connectivity index (χ1v) is 3.69. The smallest absolute Gasteiger partial charge is 0.159 e. The minimum absolute atomic E-state index is 0.0289. The summed E-state index contributed by atoms with van der Waals surface area (Å²) in [5.74, 6) is 2.43. The van der Waals surface area contributed by atoms with Gasteiger partial charge in [0, 0.05) is 11.5 Å². The molecule has 2 N–H and O–H groups in total. The fourth-order valence-electron chi connectivity index (χ4n) is 0.711. The van der Waals surface area contributed by atoms with Gasteiger partial charge in [-0.2, -0.15) is 0 Å². The Labute approximate surface area is 73.1 Å². The summed E-state index contributed by atoms with van der Waals surface area (Å²) in [4.78, 5) is 10.9. The van der Waals surface area contributed by atoms with Crippen LogP contribution in [0.2, 0.25) is 0 Å². The number of ketones is 1. The Morgan fingerprint density at radius 3 is 2.58 bits per heavy atom. The summed E-state index contributed by atoms with van der Waals surface area (Å²) < 4.78 is 0. The van der Waals surface area contributed by atoms with E-state index in [0.717, 1.165) is 0 Å². The van der Waals surface area contributed by atoms with Gasteiger partial charge < -0.3 is 5.73 Å². The normalized spacial score (nSPS) is 14.2. The summed E-state index contributed by atoms with van der Waals surface area (Å²) in [5, 5.41) is 0. The van der Waals surface area contributed by atoms with Gasteiger partial charge in [-0.3, -0.25) is 4.79 Å². The van der Waals surface area contributed by atoms with E-state index in [1.54, 1.807) is 12.2 Å². The standard InChI is InChI=1S/C10H13NO/c1-4-8(2)7-10(5-6-11)9(3)12/h1,5-8H,11H2,2-3H3/b6-5-,10-7+. The molecule has 0 saturated heterocycles. The first-order valence-electron chi connectivity index (χ1n) is 3.69. The monoisotopic (exact) mass is 163 g/mol. The molecule has 0 aliphatic carbocycles. The van der Waals surface area contributed by atoms with Crippen LogP contribution in [0.5, 0.6) is 0 Å². The molecule has 12 heavy (non-hydrogen) atoms.